The molecule has 8 nitrogen and oxygen atoms in total. The topological polar surface area (TPSA) is 86.7 Å². The molecule has 3 rings (SSSR count). The maximum atomic E-state index is 12.7. The molecule has 1 amide bonds. The van der Waals surface area contributed by atoms with Crippen molar-refractivity contribution >= 4 is 21.7 Å². The average Bonchev–Trinajstić information content (AvgIpc) is 2.96. The Balaban J connectivity index is 1.69. The van der Waals surface area contributed by atoms with Crippen molar-refractivity contribution in [2.75, 3.05) is 56.2 Å². The van der Waals surface area contributed by atoms with Crippen LogP contribution in [-0.2, 0) is 9.84 Å². The predicted molar refractivity (Wildman–Crippen MR) is 95.5 cm³/mol. The molecule has 138 valence electrons. The minimum absolute atomic E-state index is 0.0484. The molecule has 0 spiro atoms. The van der Waals surface area contributed by atoms with Gasteiger partial charge in [0.1, 0.15) is 0 Å². The SMILES string of the molecule is CCN(C(=O)c1cnc(N2CCN(C)CC2)nc1)C1CCS(=O)(=O)C1. The van der Waals surface area contributed by atoms with E-state index >= 15 is 0 Å². The fourth-order valence-electron chi connectivity index (χ4n) is 3.36. The van der Waals surface area contributed by atoms with Crippen LogP contribution >= 0.6 is 0 Å². The number of rotatable bonds is 4. The summed E-state index contributed by atoms with van der Waals surface area (Å²) in [5.41, 5.74) is 0.407. The Morgan fingerprint density at radius 3 is 2.40 bits per heavy atom. The lowest BCUT2D eigenvalue weighted by atomic mass is 10.2. The van der Waals surface area contributed by atoms with E-state index in [0.29, 0.717) is 24.5 Å². The molecule has 3 heterocycles. The van der Waals surface area contributed by atoms with Gasteiger partial charge < -0.3 is 14.7 Å². The molecular weight excluding hydrogens is 342 g/mol. The quantitative estimate of drug-likeness (QED) is 0.733. The van der Waals surface area contributed by atoms with E-state index in [4.69, 9.17) is 0 Å². The second-order valence-corrected chi connectivity index (χ2v) is 8.94. The number of sulfone groups is 1. The normalized spacial score (nSPS) is 23.6. The van der Waals surface area contributed by atoms with Crippen LogP contribution in [0.2, 0.25) is 0 Å². The van der Waals surface area contributed by atoms with Crippen molar-refractivity contribution in [2.24, 2.45) is 0 Å². The van der Waals surface area contributed by atoms with Gasteiger partial charge in [0.15, 0.2) is 9.84 Å². The highest BCUT2D eigenvalue weighted by molar-refractivity contribution is 7.91. The van der Waals surface area contributed by atoms with Gasteiger partial charge in [0, 0.05) is 51.2 Å². The first-order valence-electron chi connectivity index (χ1n) is 8.66. The molecule has 0 aromatic carbocycles. The third-order valence-electron chi connectivity index (χ3n) is 4.92. The zero-order valence-corrected chi connectivity index (χ0v) is 15.6. The smallest absolute Gasteiger partial charge is 0.257 e. The first kappa shape index (κ1) is 18.1. The summed E-state index contributed by atoms with van der Waals surface area (Å²) in [5, 5.41) is 0. The molecule has 2 aliphatic rings. The lowest BCUT2D eigenvalue weighted by Crippen LogP contribution is -2.45. The van der Waals surface area contributed by atoms with E-state index in [1.54, 1.807) is 17.3 Å². The van der Waals surface area contributed by atoms with Crippen molar-refractivity contribution in [1.29, 1.82) is 0 Å². The Hall–Kier alpha value is -1.74. The Morgan fingerprint density at radius 1 is 1.24 bits per heavy atom. The summed E-state index contributed by atoms with van der Waals surface area (Å²) in [4.78, 5) is 27.4. The van der Waals surface area contributed by atoms with Gasteiger partial charge in [-0.2, -0.15) is 0 Å². The molecule has 1 aromatic rings. The summed E-state index contributed by atoms with van der Waals surface area (Å²) < 4.78 is 23.4. The molecule has 1 unspecified atom stereocenters. The molecule has 0 saturated carbocycles. The maximum Gasteiger partial charge on any atom is 0.257 e. The highest BCUT2D eigenvalue weighted by Crippen LogP contribution is 2.20. The number of likely N-dealkylation sites (N-methyl/N-ethyl adjacent to an activating group) is 1. The highest BCUT2D eigenvalue weighted by Gasteiger charge is 2.34. The summed E-state index contributed by atoms with van der Waals surface area (Å²) in [5.74, 6) is 0.637. The van der Waals surface area contributed by atoms with Gasteiger partial charge >= 0.3 is 0 Å². The molecule has 2 fully saturated rings. The van der Waals surface area contributed by atoms with Crippen LogP contribution in [0.25, 0.3) is 0 Å². The predicted octanol–water partition coefficient (Wildman–Crippen LogP) is -0.122. The van der Waals surface area contributed by atoms with Crippen molar-refractivity contribution in [1.82, 2.24) is 19.8 Å². The van der Waals surface area contributed by atoms with E-state index in [1.165, 1.54) is 0 Å². The number of nitrogens with zero attached hydrogens (tertiary/aromatic N) is 5. The van der Waals surface area contributed by atoms with E-state index in [0.717, 1.165) is 26.2 Å². The number of carbonyl (C=O) groups is 1. The van der Waals surface area contributed by atoms with Gasteiger partial charge in [0.25, 0.3) is 5.91 Å². The molecule has 0 radical (unpaired) electrons. The van der Waals surface area contributed by atoms with Gasteiger partial charge in [-0.05, 0) is 20.4 Å². The van der Waals surface area contributed by atoms with Crippen molar-refractivity contribution < 1.29 is 13.2 Å². The summed E-state index contributed by atoms with van der Waals surface area (Å²) in [6.45, 7) is 5.99. The van der Waals surface area contributed by atoms with Crippen LogP contribution in [0.3, 0.4) is 0 Å². The highest BCUT2D eigenvalue weighted by atomic mass is 32.2. The van der Waals surface area contributed by atoms with Gasteiger partial charge in [-0.3, -0.25) is 4.79 Å². The van der Waals surface area contributed by atoms with Crippen LogP contribution in [0.1, 0.15) is 23.7 Å². The van der Waals surface area contributed by atoms with E-state index in [9.17, 15) is 13.2 Å². The second kappa shape index (κ2) is 7.25. The van der Waals surface area contributed by atoms with Gasteiger partial charge in [-0.25, -0.2) is 18.4 Å². The molecule has 2 saturated heterocycles. The van der Waals surface area contributed by atoms with Crippen LogP contribution in [0.15, 0.2) is 12.4 Å². The van der Waals surface area contributed by atoms with Crippen molar-refractivity contribution in [3.63, 3.8) is 0 Å². The first-order chi connectivity index (χ1) is 11.9. The van der Waals surface area contributed by atoms with Gasteiger partial charge in [-0.15, -0.1) is 0 Å². The van der Waals surface area contributed by atoms with Crippen LogP contribution < -0.4 is 4.90 Å². The lowest BCUT2D eigenvalue weighted by molar-refractivity contribution is 0.0707. The Kier molecular flexibility index (Phi) is 5.24. The number of amides is 1. The number of hydrogen-bond acceptors (Lipinski definition) is 7. The lowest BCUT2D eigenvalue weighted by Gasteiger charge is -2.32. The monoisotopic (exact) mass is 367 g/mol. The van der Waals surface area contributed by atoms with Crippen molar-refractivity contribution in [3.8, 4) is 0 Å². The Morgan fingerprint density at radius 2 is 1.88 bits per heavy atom. The summed E-state index contributed by atoms with van der Waals surface area (Å²) >= 11 is 0. The first-order valence-corrected chi connectivity index (χ1v) is 10.5. The summed E-state index contributed by atoms with van der Waals surface area (Å²) in [6.07, 6.45) is 3.60. The Bertz CT molecular complexity index is 714. The molecule has 9 heteroatoms. The molecule has 1 aromatic heterocycles. The molecule has 25 heavy (non-hydrogen) atoms. The number of anilines is 1. The zero-order valence-electron chi connectivity index (χ0n) is 14.8. The molecule has 1 atom stereocenters. The van der Waals surface area contributed by atoms with Crippen LogP contribution in [0.5, 0.6) is 0 Å². The van der Waals surface area contributed by atoms with Crippen LogP contribution in [-0.4, -0.2) is 91.4 Å². The third kappa shape index (κ3) is 4.09. The molecule has 0 N–H and O–H groups in total. The van der Waals surface area contributed by atoms with E-state index in [2.05, 4.69) is 26.8 Å². The van der Waals surface area contributed by atoms with Crippen molar-refractivity contribution in [3.05, 3.63) is 18.0 Å². The molecule has 2 aliphatic heterocycles. The number of carbonyl (C=O) groups excluding carboxylic acids is 1. The van der Waals surface area contributed by atoms with Gasteiger partial charge in [0.05, 0.1) is 17.1 Å². The largest absolute Gasteiger partial charge is 0.338 e. The zero-order chi connectivity index (χ0) is 18.0. The molecular formula is C16H25N5O3S. The number of aromatic nitrogens is 2. The molecule has 0 aliphatic carbocycles. The van der Waals surface area contributed by atoms with Crippen LogP contribution in [0.4, 0.5) is 5.95 Å². The minimum atomic E-state index is -3.03. The van der Waals surface area contributed by atoms with E-state index in [1.807, 2.05) is 6.92 Å². The summed E-state index contributed by atoms with van der Waals surface area (Å²) in [7, 11) is -0.942. The molecule has 0 bridgehead atoms. The average molecular weight is 367 g/mol. The third-order valence-corrected chi connectivity index (χ3v) is 6.67. The van der Waals surface area contributed by atoms with Gasteiger partial charge in [-0.1, -0.05) is 0 Å². The van der Waals surface area contributed by atoms with Crippen molar-refractivity contribution in [2.45, 2.75) is 19.4 Å². The maximum absolute atomic E-state index is 12.7. The Labute approximate surface area is 148 Å². The van der Waals surface area contributed by atoms with Crippen LogP contribution in [0, 0.1) is 0 Å². The number of hydrogen-bond donors (Lipinski definition) is 0. The number of piperazine rings is 1. The fourth-order valence-corrected chi connectivity index (χ4v) is 5.09. The van der Waals surface area contributed by atoms with E-state index in [-0.39, 0.29) is 23.5 Å². The van der Waals surface area contributed by atoms with E-state index < -0.39 is 9.84 Å². The minimum Gasteiger partial charge on any atom is -0.338 e. The standard InChI is InChI=1S/C16H25N5O3S/c1-3-21(14-4-9-25(23,24)12-14)15(22)13-10-17-16(18-11-13)20-7-5-19(2)6-8-20/h10-11,14H,3-9,12H2,1-2H3. The fraction of sp³-hybridized carbons (Fsp3) is 0.688. The second-order valence-electron chi connectivity index (χ2n) is 6.71. The van der Waals surface area contributed by atoms with Gasteiger partial charge in [0.2, 0.25) is 5.95 Å². The summed E-state index contributed by atoms with van der Waals surface area (Å²) in [6, 6.07) is -0.250.